The maximum Gasteiger partial charge on any atom is 0.394 e. The van der Waals surface area contributed by atoms with Crippen molar-refractivity contribution in [2.45, 2.75) is 26.4 Å². The first-order valence-corrected chi connectivity index (χ1v) is 7.79. The maximum absolute atomic E-state index is 13.2. The third kappa shape index (κ3) is 3.14. The quantitative estimate of drug-likeness (QED) is 0.571. The largest absolute Gasteiger partial charge is 0.394 e. The first-order valence-electron chi connectivity index (χ1n) is 7.79. The summed E-state index contributed by atoms with van der Waals surface area (Å²) in [6.45, 7) is 2.47. The summed E-state index contributed by atoms with van der Waals surface area (Å²) in [6, 6.07) is 18.8. The van der Waals surface area contributed by atoms with Crippen LogP contribution in [0.4, 0.5) is 13.2 Å². The van der Waals surface area contributed by atoms with Crippen molar-refractivity contribution in [3.63, 3.8) is 0 Å². The van der Waals surface area contributed by atoms with Crippen molar-refractivity contribution in [3.05, 3.63) is 66.2 Å². The van der Waals surface area contributed by atoms with Crippen molar-refractivity contribution < 1.29 is 13.2 Å². The summed E-state index contributed by atoms with van der Waals surface area (Å²) in [6.07, 6.45) is -4.31. The molecule has 1 heterocycles. The number of aromatic nitrogens is 1. The molecule has 1 aromatic heterocycles. The lowest BCUT2D eigenvalue weighted by Gasteiger charge is -2.28. The van der Waals surface area contributed by atoms with Gasteiger partial charge in [-0.2, -0.15) is 13.2 Å². The Bertz CT molecular complexity index is 852. The zero-order valence-corrected chi connectivity index (χ0v) is 13.6. The SMILES string of the molecule is CC(C)(Cc1cccc2nc(-c3ccccc3)ccc12)C(F)(F)F. The highest BCUT2D eigenvalue weighted by Gasteiger charge is 2.47. The van der Waals surface area contributed by atoms with Gasteiger partial charge in [-0.05, 0) is 24.1 Å². The van der Waals surface area contributed by atoms with Crippen molar-refractivity contribution in [2.75, 3.05) is 0 Å². The molecule has 0 aliphatic carbocycles. The number of benzene rings is 2. The monoisotopic (exact) mass is 329 g/mol. The van der Waals surface area contributed by atoms with Gasteiger partial charge in [-0.3, -0.25) is 0 Å². The van der Waals surface area contributed by atoms with Gasteiger partial charge in [0.25, 0.3) is 0 Å². The topological polar surface area (TPSA) is 12.9 Å². The van der Waals surface area contributed by atoms with E-state index in [9.17, 15) is 13.2 Å². The van der Waals surface area contributed by atoms with Crippen LogP contribution in [0.1, 0.15) is 19.4 Å². The number of hydrogen-bond acceptors (Lipinski definition) is 1. The van der Waals surface area contributed by atoms with E-state index in [1.807, 2.05) is 48.5 Å². The second kappa shape index (κ2) is 5.93. The third-order valence-electron chi connectivity index (χ3n) is 4.29. The van der Waals surface area contributed by atoms with E-state index in [1.54, 1.807) is 12.1 Å². The molecule has 2 aromatic carbocycles. The van der Waals surface area contributed by atoms with Gasteiger partial charge in [-0.1, -0.05) is 62.4 Å². The molecule has 0 radical (unpaired) electrons. The molecule has 4 heteroatoms. The predicted octanol–water partition coefficient (Wildman–Crippen LogP) is 6.03. The number of nitrogens with zero attached hydrogens (tertiary/aromatic N) is 1. The second-order valence-electron chi connectivity index (χ2n) is 6.60. The van der Waals surface area contributed by atoms with E-state index < -0.39 is 11.6 Å². The zero-order chi connectivity index (χ0) is 17.4. The van der Waals surface area contributed by atoms with Crippen molar-refractivity contribution in [2.24, 2.45) is 5.41 Å². The molecule has 0 aliphatic rings. The van der Waals surface area contributed by atoms with Crippen molar-refractivity contribution in [1.82, 2.24) is 4.98 Å². The van der Waals surface area contributed by atoms with Crippen molar-refractivity contribution in [3.8, 4) is 11.3 Å². The van der Waals surface area contributed by atoms with Crippen LogP contribution in [-0.2, 0) is 6.42 Å². The number of hydrogen-bond donors (Lipinski definition) is 0. The summed E-state index contributed by atoms with van der Waals surface area (Å²) in [5.41, 5.74) is 1.41. The van der Waals surface area contributed by atoms with Crippen LogP contribution in [0.15, 0.2) is 60.7 Å². The van der Waals surface area contributed by atoms with Gasteiger partial charge in [-0.15, -0.1) is 0 Å². The summed E-state index contributed by atoms with van der Waals surface area (Å²) in [5.74, 6) is 0. The Labute approximate surface area is 139 Å². The minimum Gasteiger partial charge on any atom is -0.248 e. The fourth-order valence-electron chi connectivity index (χ4n) is 2.72. The molecule has 0 unspecified atom stereocenters. The molecule has 3 aromatic rings. The Morgan fingerprint density at radius 3 is 2.21 bits per heavy atom. The minimum absolute atomic E-state index is 0.0692. The number of fused-ring (bicyclic) bond motifs is 1. The van der Waals surface area contributed by atoms with Crippen LogP contribution in [0, 0.1) is 5.41 Å². The van der Waals surface area contributed by atoms with E-state index in [0.29, 0.717) is 11.1 Å². The van der Waals surface area contributed by atoms with Gasteiger partial charge in [0.15, 0.2) is 0 Å². The number of alkyl halides is 3. The Morgan fingerprint density at radius 1 is 0.833 bits per heavy atom. The van der Waals surface area contributed by atoms with Crippen LogP contribution >= 0.6 is 0 Å². The molecule has 1 nitrogen and oxygen atoms in total. The second-order valence-corrected chi connectivity index (χ2v) is 6.60. The normalized spacial score (nSPS) is 12.5. The molecule has 124 valence electrons. The standard InChI is InChI=1S/C20H18F3N/c1-19(2,20(21,22)23)13-15-9-6-10-18-16(15)11-12-17(24-18)14-7-4-3-5-8-14/h3-12H,13H2,1-2H3. The van der Waals surface area contributed by atoms with E-state index in [0.717, 1.165) is 16.6 Å². The van der Waals surface area contributed by atoms with E-state index in [4.69, 9.17) is 0 Å². The van der Waals surface area contributed by atoms with Gasteiger partial charge in [0, 0.05) is 10.9 Å². The molecule has 0 bridgehead atoms. The van der Waals surface area contributed by atoms with Gasteiger partial charge in [0.2, 0.25) is 0 Å². The molecule has 0 amide bonds. The molecular weight excluding hydrogens is 311 g/mol. The summed E-state index contributed by atoms with van der Waals surface area (Å²) < 4.78 is 39.6. The highest BCUT2D eigenvalue weighted by atomic mass is 19.4. The average molecular weight is 329 g/mol. The highest BCUT2D eigenvalue weighted by molar-refractivity contribution is 5.84. The lowest BCUT2D eigenvalue weighted by molar-refractivity contribution is -0.210. The van der Waals surface area contributed by atoms with Gasteiger partial charge < -0.3 is 0 Å². The molecule has 0 spiro atoms. The van der Waals surface area contributed by atoms with Crippen LogP contribution < -0.4 is 0 Å². The van der Waals surface area contributed by atoms with Crippen LogP contribution in [0.3, 0.4) is 0 Å². The molecule has 3 rings (SSSR count). The van der Waals surface area contributed by atoms with E-state index in [2.05, 4.69) is 4.98 Å². The number of halogens is 3. The molecule has 0 saturated carbocycles. The Balaban J connectivity index is 2.03. The fourth-order valence-corrected chi connectivity index (χ4v) is 2.72. The Morgan fingerprint density at radius 2 is 1.54 bits per heavy atom. The summed E-state index contributed by atoms with van der Waals surface area (Å²) >= 11 is 0. The number of rotatable bonds is 3. The van der Waals surface area contributed by atoms with Gasteiger partial charge >= 0.3 is 6.18 Å². The predicted molar refractivity (Wildman–Crippen MR) is 90.7 cm³/mol. The van der Waals surface area contributed by atoms with Crippen molar-refractivity contribution in [1.29, 1.82) is 0 Å². The molecular formula is C20H18F3N. The fraction of sp³-hybridized carbons (Fsp3) is 0.250. The highest BCUT2D eigenvalue weighted by Crippen LogP contribution is 2.41. The molecule has 0 atom stereocenters. The minimum atomic E-state index is -4.24. The van der Waals surface area contributed by atoms with Gasteiger partial charge in [0.1, 0.15) is 0 Å². The Hall–Kier alpha value is -2.36. The van der Waals surface area contributed by atoms with Crippen LogP contribution in [0.25, 0.3) is 22.2 Å². The van der Waals surface area contributed by atoms with Crippen LogP contribution in [0.2, 0.25) is 0 Å². The smallest absolute Gasteiger partial charge is 0.248 e. The number of pyridine rings is 1. The molecule has 0 saturated heterocycles. The molecule has 0 N–H and O–H groups in total. The summed E-state index contributed by atoms with van der Waals surface area (Å²) in [4.78, 5) is 4.62. The zero-order valence-electron chi connectivity index (χ0n) is 13.6. The lowest BCUT2D eigenvalue weighted by atomic mass is 9.84. The van der Waals surface area contributed by atoms with E-state index in [-0.39, 0.29) is 6.42 Å². The van der Waals surface area contributed by atoms with E-state index >= 15 is 0 Å². The molecule has 0 aliphatic heterocycles. The maximum atomic E-state index is 13.2. The third-order valence-corrected chi connectivity index (χ3v) is 4.29. The first kappa shape index (κ1) is 16.5. The van der Waals surface area contributed by atoms with E-state index in [1.165, 1.54) is 13.8 Å². The first-order chi connectivity index (χ1) is 11.3. The summed E-state index contributed by atoms with van der Waals surface area (Å²) in [7, 11) is 0. The van der Waals surface area contributed by atoms with Crippen molar-refractivity contribution >= 4 is 10.9 Å². The van der Waals surface area contributed by atoms with Crippen LogP contribution in [0.5, 0.6) is 0 Å². The molecule has 0 fully saturated rings. The lowest BCUT2D eigenvalue weighted by Crippen LogP contribution is -2.34. The van der Waals surface area contributed by atoms with Crippen LogP contribution in [-0.4, -0.2) is 11.2 Å². The van der Waals surface area contributed by atoms with Gasteiger partial charge in [0.05, 0.1) is 16.6 Å². The molecule has 24 heavy (non-hydrogen) atoms. The summed E-state index contributed by atoms with van der Waals surface area (Å²) in [5, 5.41) is 0.773. The Kier molecular flexibility index (Phi) is 4.08. The van der Waals surface area contributed by atoms with Gasteiger partial charge in [-0.25, -0.2) is 4.98 Å². The average Bonchev–Trinajstić information content (AvgIpc) is 2.54.